The molecule has 0 amide bonds. The number of hydrogen-bond donors (Lipinski definition) is 2. The Balaban J connectivity index is 3.10. The third-order valence-electron chi connectivity index (χ3n) is 5.22. The molecule has 2 N–H and O–H groups in total. The number of nitrogens with zero attached hydrogens (tertiary/aromatic N) is 2. The van der Waals surface area contributed by atoms with Crippen LogP contribution in [0.2, 0.25) is 0 Å². The van der Waals surface area contributed by atoms with E-state index in [0.29, 0.717) is 23.4 Å². The number of nitrogens with two attached hydrogens (primary N) is 1. The molecule has 0 bridgehead atoms. The molecule has 0 radical (unpaired) electrons. The van der Waals surface area contributed by atoms with E-state index in [0.717, 1.165) is 19.3 Å². The Labute approximate surface area is 155 Å². The van der Waals surface area contributed by atoms with Gasteiger partial charge in [-0.3, -0.25) is 8.68 Å². The van der Waals surface area contributed by atoms with Gasteiger partial charge >= 0.3 is 5.97 Å². The number of ether oxygens (including phenoxy) is 1. The second-order valence-corrected chi connectivity index (χ2v) is 8.14. The number of carbonyl (C=O) groups excluding carboxylic acids is 2. The minimum absolute atomic E-state index is 0.0934. The van der Waals surface area contributed by atoms with Crippen molar-refractivity contribution in [1.82, 2.24) is 0 Å². The number of nitroso groups, excluding NO2 is 1. The molecule has 1 saturated heterocycles. The average Bonchev–Trinajstić information content (AvgIpc) is 2.58. The van der Waals surface area contributed by atoms with E-state index in [-0.39, 0.29) is 25.9 Å². The van der Waals surface area contributed by atoms with Crippen molar-refractivity contribution in [3.8, 4) is 0 Å². The van der Waals surface area contributed by atoms with Gasteiger partial charge in [-0.1, -0.05) is 31.4 Å². The van der Waals surface area contributed by atoms with E-state index in [1.807, 2.05) is 7.05 Å². The predicted molar refractivity (Wildman–Crippen MR) is 100.0 cm³/mol. The minimum Gasteiger partial charge on any atom is -0.464 e. The molecule has 1 unspecified atom stereocenters. The fraction of sp³-hybridized carbons (Fsp3) is 0.882. The van der Waals surface area contributed by atoms with Crippen LogP contribution in [0.3, 0.4) is 0 Å². The zero-order valence-corrected chi connectivity index (χ0v) is 16.5. The number of unbranched alkanes of at least 4 members (excludes halogenated alkanes) is 3. The lowest BCUT2D eigenvalue weighted by molar-refractivity contribution is -0.778. The van der Waals surface area contributed by atoms with Crippen molar-refractivity contribution >= 4 is 24.6 Å². The standard InChI is InChI=1S/C17H32N3O4S/c1-4-6-7-8-9-14(21)17(18,15(22)24-5-2)16(19-23)10-12-20(3,25)13-11-16/h25H,4-13,18H2,1-3H3/q+1. The molecular formula is C17H32N3O4S+. The zero-order valence-electron chi connectivity index (χ0n) is 15.6. The molecule has 1 fully saturated rings. The number of thiol groups is 1. The van der Waals surface area contributed by atoms with Gasteiger partial charge in [0, 0.05) is 19.3 Å². The topological polar surface area (TPSA) is 98.8 Å². The molecule has 0 saturated carbocycles. The molecule has 8 heteroatoms. The minimum atomic E-state index is -2.02. The van der Waals surface area contributed by atoms with E-state index in [1.54, 1.807) is 6.92 Å². The molecule has 1 rings (SSSR count). The molecule has 144 valence electrons. The van der Waals surface area contributed by atoms with Gasteiger partial charge in [0.25, 0.3) is 0 Å². The van der Waals surface area contributed by atoms with Crippen molar-refractivity contribution in [2.75, 3.05) is 26.7 Å². The van der Waals surface area contributed by atoms with E-state index >= 15 is 0 Å². The average molecular weight is 375 g/mol. The number of rotatable bonds is 10. The predicted octanol–water partition coefficient (Wildman–Crippen LogP) is 2.38. The number of esters is 1. The number of piperidine rings is 1. The van der Waals surface area contributed by atoms with Gasteiger partial charge in [0.1, 0.15) is 5.54 Å². The normalized spacial score (nSPS) is 28.8. The Morgan fingerprint density at radius 2 is 1.84 bits per heavy atom. The van der Waals surface area contributed by atoms with Crippen molar-refractivity contribution in [3.63, 3.8) is 0 Å². The highest BCUT2D eigenvalue weighted by molar-refractivity contribution is 7.74. The Kier molecular flexibility index (Phi) is 8.02. The van der Waals surface area contributed by atoms with Crippen LogP contribution in [-0.2, 0) is 14.3 Å². The second-order valence-electron chi connectivity index (χ2n) is 7.17. The van der Waals surface area contributed by atoms with Gasteiger partial charge < -0.3 is 10.5 Å². The fourth-order valence-corrected chi connectivity index (χ4v) is 3.56. The maximum Gasteiger partial charge on any atom is 0.336 e. The van der Waals surface area contributed by atoms with E-state index in [9.17, 15) is 14.5 Å². The van der Waals surface area contributed by atoms with E-state index in [4.69, 9.17) is 10.5 Å². The first-order valence-corrected chi connectivity index (χ1v) is 9.50. The van der Waals surface area contributed by atoms with Crippen LogP contribution >= 0.6 is 12.8 Å². The molecular weight excluding hydrogens is 342 g/mol. The monoisotopic (exact) mass is 374 g/mol. The van der Waals surface area contributed by atoms with Crippen molar-refractivity contribution in [3.05, 3.63) is 4.91 Å². The molecule has 0 aromatic carbocycles. The third-order valence-corrected chi connectivity index (χ3v) is 5.62. The van der Waals surface area contributed by atoms with Crippen molar-refractivity contribution in [2.24, 2.45) is 10.9 Å². The van der Waals surface area contributed by atoms with Crippen LogP contribution in [0, 0.1) is 4.91 Å². The Morgan fingerprint density at radius 1 is 1.24 bits per heavy atom. The maximum absolute atomic E-state index is 12.9. The molecule has 0 aromatic heterocycles. The van der Waals surface area contributed by atoms with Crippen LogP contribution in [0.25, 0.3) is 0 Å². The summed E-state index contributed by atoms with van der Waals surface area (Å²) >= 11 is 4.51. The highest BCUT2D eigenvalue weighted by Gasteiger charge is 2.63. The van der Waals surface area contributed by atoms with Gasteiger partial charge in [-0.05, 0) is 13.3 Å². The van der Waals surface area contributed by atoms with Crippen LogP contribution in [-0.4, -0.2) is 53.5 Å². The van der Waals surface area contributed by atoms with E-state index in [2.05, 4.69) is 24.9 Å². The van der Waals surface area contributed by atoms with E-state index in [1.165, 1.54) is 0 Å². The van der Waals surface area contributed by atoms with E-state index < -0.39 is 22.8 Å². The van der Waals surface area contributed by atoms with Crippen molar-refractivity contribution in [1.29, 1.82) is 0 Å². The molecule has 1 aliphatic heterocycles. The van der Waals surface area contributed by atoms with Crippen LogP contribution in [0.4, 0.5) is 0 Å². The lowest BCUT2D eigenvalue weighted by Crippen LogP contribution is -2.72. The van der Waals surface area contributed by atoms with Crippen LogP contribution < -0.4 is 5.73 Å². The molecule has 25 heavy (non-hydrogen) atoms. The van der Waals surface area contributed by atoms with Gasteiger partial charge in [-0.25, -0.2) is 4.79 Å². The third kappa shape index (κ3) is 4.80. The summed E-state index contributed by atoms with van der Waals surface area (Å²) in [6.45, 7) is 4.81. The molecule has 0 aromatic rings. The quantitative estimate of drug-likeness (QED) is 0.153. The molecule has 0 aliphatic carbocycles. The lowest BCUT2D eigenvalue weighted by Gasteiger charge is -2.45. The molecule has 1 aliphatic rings. The second kappa shape index (κ2) is 9.09. The summed E-state index contributed by atoms with van der Waals surface area (Å²) < 4.78 is 5.48. The maximum atomic E-state index is 12.9. The largest absolute Gasteiger partial charge is 0.464 e. The summed E-state index contributed by atoms with van der Waals surface area (Å²) in [6.07, 6.45) is 4.18. The highest BCUT2D eigenvalue weighted by Crippen LogP contribution is 2.40. The highest BCUT2D eigenvalue weighted by atomic mass is 32.1. The Bertz CT molecular complexity index is 488. The van der Waals surface area contributed by atoms with Crippen LogP contribution in [0.1, 0.15) is 58.8 Å². The summed E-state index contributed by atoms with van der Waals surface area (Å²) in [5, 5.41) is 3.24. The Morgan fingerprint density at radius 3 is 2.32 bits per heavy atom. The number of Topliss-reactive ketones (excluding diaryl/α,β-unsaturated/α-hetero) is 1. The number of likely N-dealkylation sites (tertiary alicyclic amines) is 1. The summed E-state index contributed by atoms with van der Waals surface area (Å²) in [5.74, 6) is -1.29. The number of hydrogen-bond acceptors (Lipinski definition) is 7. The lowest BCUT2D eigenvalue weighted by atomic mass is 9.68. The van der Waals surface area contributed by atoms with Gasteiger partial charge in [-0.2, -0.15) is 4.91 Å². The number of quaternary nitrogens is 1. The smallest absolute Gasteiger partial charge is 0.336 e. The molecule has 7 nitrogen and oxygen atoms in total. The van der Waals surface area contributed by atoms with Gasteiger partial charge in [-0.15, -0.1) is 0 Å². The first-order valence-electron chi connectivity index (χ1n) is 9.10. The van der Waals surface area contributed by atoms with Gasteiger partial charge in [0.15, 0.2) is 5.78 Å². The SMILES string of the molecule is CCCCCCC(=O)C(N)(C(=O)OCC)C1(N=O)CC[N+](C)(S)CC1. The number of ketones is 1. The Hall–Kier alpha value is -0.990. The van der Waals surface area contributed by atoms with Crippen molar-refractivity contribution < 1.29 is 18.2 Å². The van der Waals surface area contributed by atoms with Crippen LogP contribution in [0.15, 0.2) is 5.18 Å². The molecule has 1 heterocycles. The first-order chi connectivity index (χ1) is 11.7. The van der Waals surface area contributed by atoms with Crippen LogP contribution in [0.5, 0.6) is 0 Å². The summed E-state index contributed by atoms with van der Waals surface area (Å²) in [4.78, 5) is 37.4. The van der Waals surface area contributed by atoms with Crippen molar-refractivity contribution in [2.45, 2.75) is 69.9 Å². The fourth-order valence-electron chi connectivity index (χ4n) is 3.36. The first kappa shape index (κ1) is 22.1. The summed E-state index contributed by atoms with van der Waals surface area (Å²) in [6, 6.07) is 0. The molecule has 0 spiro atoms. The van der Waals surface area contributed by atoms with Gasteiger partial charge in [0.2, 0.25) is 5.54 Å². The molecule has 1 atom stereocenters. The summed E-state index contributed by atoms with van der Waals surface area (Å²) in [5.41, 5.74) is 2.85. The number of carbonyl (C=O) groups is 2. The van der Waals surface area contributed by atoms with Gasteiger partial charge in [0.05, 0.1) is 39.6 Å². The zero-order chi connectivity index (χ0) is 19.1. The summed E-state index contributed by atoms with van der Waals surface area (Å²) in [7, 11) is 1.91.